The predicted molar refractivity (Wildman–Crippen MR) is 91.0 cm³/mol. The molecule has 3 rings (SSSR count). The van der Waals surface area contributed by atoms with E-state index in [9.17, 15) is 9.18 Å². The second kappa shape index (κ2) is 6.82. The third-order valence-corrected chi connectivity index (χ3v) is 5.01. The quantitative estimate of drug-likeness (QED) is 0.649. The van der Waals surface area contributed by atoms with E-state index >= 15 is 4.39 Å². The molecule has 24 heavy (non-hydrogen) atoms. The summed E-state index contributed by atoms with van der Waals surface area (Å²) in [4.78, 5) is 12.4. The number of carbonyl (C=O) groups excluding carboxylic acids is 1. The van der Waals surface area contributed by atoms with Gasteiger partial charge in [0.25, 0.3) is 5.91 Å². The molecule has 128 valence electrons. The average Bonchev–Trinajstić information content (AvgIpc) is 3.00. The highest BCUT2D eigenvalue weighted by atomic mass is 35.5. The Morgan fingerprint density at radius 1 is 1.33 bits per heavy atom. The zero-order valence-electron chi connectivity index (χ0n) is 12.6. The maximum atomic E-state index is 15.3. The highest BCUT2D eigenvalue weighted by molar-refractivity contribution is 6.31. The summed E-state index contributed by atoms with van der Waals surface area (Å²) in [6.07, 6.45) is 3.49. The van der Waals surface area contributed by atoms with Crippen molar-refractivity contribution in [1.29, 1.82) is 0 Å². The van der Waals surface area contributed by atoms with Gasteiger partial charge in [-0.15, -0.1) is 0 Å². The highest BCUT2D eigenvalue weighted by Crippen LogP contribution is 2.43. The van der Waals surface area contributed by atoms with Gasteiger partial charge in [-0.3, -0.25) is 4.79 Å². The first kappa shape index (κ1) is 17.4. The Bertz CT molecular complexity index is 678. The Balaban J connectivity index is 1.83. The van der Waals surface area contributed by atoms with Gasteiger partial charge in [0.1, 0.15) is 12.2 Å². The van der Waals surface area contributed by atoms with Crippen LogP contribution in [0.25, 0.3) is 5.57 Å². The van der Waals surface area contributed by atoms with Gasteiger partial charge in [0, 0.05) is 30.3 Å². The summed E-state index contributed by atoms with van der Waals surface area (Å²) in [7, 11) is 0. The number of nitrogens with zero attached hydrogens (tertiary/aromatic N) is 1. The molecule has 2 aliphatic rings. The van der Waals surface area contributed by atoms with Gasteiger partial charge in [-0.1, -0.05) is 60.2 Å². The number of carbonyl (C=O) groups is 1. The van der Waals surface area contributed by atoms with Crippen LogP contribution in [0.4, 0.5) is 8.78 Å². The van der Waals surface area contributed by atoms with E-state index < -0.39 is 29.3 Å². The number of nitrogens with one attached hydrogen (secondary N) is 1. The minimum Gasteiger partial charge on any atom is -0.303 e. The zero-order chi connectivity index (χ0) is 17.3. The standard InChI is InChI=1S/C17H16Cl2F2N2O/c18-17(21)13(11-5-2-1-3-6-11)7-4-8-15(17)23(19)16(24)14-9-12(20)10-22-14/h1-8,12,14-15,22H,9-10H2/t12-,14+,15?,17?/m1/s1. The van der Waals surface area contributed by atoms with Gasteiger partial charge < -0.3 is 5.32 Å². The molecule has 1 aromatic rings. The molecule has 0 aromatic heterocycles. The van der Waals surface area contributed by atoms with E-state index in [0.29, 0.717) is 5.56 Å². The summed E-state index contributed by atoms with van der Waals surface area (Å²) < 4.78 is 29.3. The van der Waals surface area contributed by atoms with E-state index in [1.807, 2.05) is 6.07 Å². The van der Waals surface area contributed by atoms with Crippen molar-refractivity contribution in [2.24, 2.45) is 0 Å². The van der Waals surface area contributed by atoms with Crippen molar-refractivity contribution in [1.82, 2.24) is 9.74 Å². The minimum atomic E-state index is -2.39. The molecule has 1 aliphatic carbocycles. The van der Waals surface area contributed by atoms with Crippen LogP contribution in [-0.2, 0) is 4.79 Å². The van der Waals surface area contributed by atoms with Crippen molar-refractivity contribution in [2.75, 3.05) is 6.54 Å². The van der Waals surface area contributed by atoms with Gasteiger partial charge in [0.05, 0.1) is 6.04 Å². The molecule has 1 saturated heterocycles. The summed E-state index contributed by atoms with van der Waals surface area (Å²) in [5, 5.41) is 0.354. The molecule has 0 radical (unpaired) electrons. The first-order chi connectivity index (χ1) is 11.4. The van der Waals surface area contributed by atoms with Gasteiger partial charge in [-0.05, 0) is 5.56 Å². The SMILES string of the molecule is O=C([C@@H]1C[C@@H](F)CN1)N(Cl)C1C=CC=C(c2ccccc2)C1(F)Cl. The van der Waals surface area contributed by atoms with Crippen LogP contribution >= 0.6 is 23.4 Å². The molecular formula is C17H16Cl2F2N2O. The number of amides is 1. The van der Waals surface area contributed by atoms with Crippen molar-refractivity contribution in [2.45, 2.75) is 29.8 Å². The number of hydrogen-bond acceptors (Lipinski definition) is 2. The van der Waals surface area contributed by atoms with E-state index in [1.165, 1.54) is 6.08 Å². The third kappa shape index (κ3) is 3.21. The summed E-state index contributed by atoms with van der Waals surface area (Å²) >= 11 is 12.2. The van der Waals surface area contributed by atoms with E-state index in [-0.39, 0.29) is 18.5 Å². The fraction of sp³-hybridized carbons (Fsp3) is 0.353. The van der Waals surface area contributed by atoms with E-state index in [0.717, 1.165) is 4.42 Å². The Morgan fingerprint density at radius 2 is 2.04 bits per heavy atom. The van der Waals surface area contributed by atoms with Gasteiger partial charge in [-0.25, -0.2) is 13.2 Å². The fourth-order valence-corrected chi connectivity index (χ4v) is 3.65. The maximum absolute atomic E-state index is 15.3. The predicted octanol–water partition coefficient (Wildman–Crippen LogP) is 3.60. The Kier molecular flexibility index (Phi) is 4.95. The molecule has 7 heteroatoms. The summed E-state index contributed by atoms with van der Waals surface area (Å²) in [6, 6.07) is 6.83. The van der Waals surface area contributed by atoms with Crippen LogP contribution in [0.1, 0.15) is 12.0 Å². The van der Waals surface area contributed by atoms with Gasteiger partial charge in [-0.2, -0.15) is 0 Å². The fourth-order valence-electron chi connectivity index (χ4n) is 2.94. The Morgan fingerprint density at radius 3 is 2.67 bits per heavy atom. The van der Waals surface area contributed by atoms with E-state index in [4.69, 9.17) is 23.4 Å². The molecule has 1 N–H and O–H groups in total. The smallest absolute Gasteiger partial charge is 0.254 e. The van der Waals surface area contributed by atoms with Gasteiger partial charge in [0.2, 0.25) is 5.13 Å². The molecule has 3 nitrogen and oxygen atoms in total. The van der Waals surface area contributed by atoms with Gasteiger partial charge >= 0.3 is 0 Å². The second-order valence-corrected chi connectivity index (χ2v) is 6.76. The molecule has 1 aliphatic heterocycles. The number of hydrogen-bond donors (Lipinski definition) is 1. The summed E-state index contributed by atoms with van der Waals surface area (Å²) in [5.41, 5.74) is 0.822. The lowest BCUT2D eigenvalue weighted by atomic mass is 9.91. The average molecular weight is 373 g/mol. The second-order valence-electron chi connectivity index (χ2n) is 5.84. The van der Waals surface area contributed by atoms with Gasteiger partial charge in [0.15, 0.2) is 0 Å². The minimum absolute atomic E-state index is 0.0153. The Hall–Kier alpha value is -1.43. The molecule has 1 amide bonds. The topological polar surface area (TPSA) is 32.3 Å². The molecule has 1 fully saturated rings. The van der Waals surface area contributed by atoms with Crippen molar-refractivity contribution in [3.63, 3.8) is 0 Å². The van der Waals surface area contributed by atoms with Crippen molar-refractivity contribution in [3.8, 4) is 0 Å². The molecule has 0 bridgehead atoms. The lowest BCUT2D eigenvalue weighted by Gasteiger charge is -2.36. The maximum Gasteiger partial charge on any atom is 0.254 e. The van der Waals surface area contributed by atoms with Crippen molar-refractivity contribution >= 4 is 34.9 Å². The van der Waals surface area contributed by atoms with Crippen LogP contribution in [0.5, 0.6) is 0 Å². The highest BCUT2D eigenvalue weighted by Gasteiger charge is 2.47. The number of rotatable bonds is 3. The van der Waals surface area contributed by atoms with Crippen LogP contribution in [0.2, 0.25) is 0 Å². The first-order valence-electron chi connectivity index (χ1n) is 7.59. The van der Waals surface area contributed by atoms with Crippen molar-refractivity contribution < 1.29 is 13.6 Å². The molecule has 4 atom stereocenters. The molecule has 0 saturated carbocycles. The monoisotopic (exact) mass is 372 g/mol. The normalized spacial score (nSPS) is 32.5. The van der Waals surface area contributed by atoms with Crippen LogP contribution < -0.4 is 5.32 Å². The largest absolute Gasteiger partial charge is 0.303 e. The van der Waals surface area contributed by atoms with E-state index in [1.54, 1.807) is 36.4 Å². The number of halogens is 4. The zero-order valence-corrected chi connectivity index (χ0v) is 14.1. The number of benzene rings is 1. The Labute approximate surface area is 149 Å². The lowest BCUT2D eigenvalue weighted by Crippen LogP contribution is -2.50. The number of alkyl halides is 3. The third-order valence-electron chi connectivity index (χ3n) is 4.20. The summed E-state index contributed by atoms with van der Waals surface area (Å²) in [5.74, 6) is -0.594. The molecular weight excluding hydrogens is 357 g/mol. The first-order valence-corrected chi connectivity index (χ1v) is 8.31. The number of allylic oxidation sites excluding steroid dienone is 2. The molecule has 2 unspecified atom stereocenters. The lowest BCUT2D eigenvalue weighted by molar-refractivity contribution is -0.130. The van der Waals surface area contributed by atoms with Crippen molar-refractivity contribution in [3.05, 3.63) is 54.1 Å². The molecule has 1 aromatic carbocycles. The van der Waals surface area contributed by atoms with Crippen LogP contribution in [0.3, 0.4) is 0 Å². The van der Waals surface area contributed by atoms with Crippen LogP contribution in [0, 0.1) is 0 Å². The molecule has 1 heterocycles. The van der Waals surface area contributed by atoms with Crippen LogP contribution in [-0.4, -0.2) is 40.3 Å². The van der Waals surface area contributed by atoms with Crippen LogP contribution in [0.15, 0.2) is 48.6 Å². The molecule has 0 spiro atoms. The summed E-state index contributed by atoms with van der Waals surface area (Å²) in [6.45, 7) is 0.0818. The van der Waals surface area contributed by atoms with E-state index in [2.05, 4.69) is 5.32 Å².